The predicted molar refractivity (Wildman–Crippen MR) is 65.7 cm³/mol. The predicted octanol–water partition coefficient (Wildman–Crippen LogP) is 2.81. The molecule has 0 saturated heterocycles. The van der Waals surface area contributed by atoms with Crippen molar-refractivity contribution >= 4 is 11.4 Å². The second kappa shape index (κ2) is 5.19. The molecule has 2 aromatic rings. The molecule has 3 N–H and O–H groups in total. The van der Waals surface area contributed by atoms with E-state index in [0.717, 1.165) is 11.3 Å². The SMILES string of the molecule is Nc1ccccc1NOCc1ccccc1. The number of para-hydroxylation sites is 2. The van der Waals surface area contributed by atoms with Crippen LogP contribution >= 0.6 is 0 Å². The third kappa shape index (κ3) is 2.74. The van der Waals surface area contributed by atoms with Gasteiger partial charge in [0.1, 0.15) is 0 Å². The van der Waals surface area contributed by atoms with Gasteiger partial charge in [0.2, 0.25) is 0 Å². The number of hydrogen-bond donors (Lipinski definition) is 2. The first-order chi connectivity index (χ1) is 7.86. The minimum absolute atomic E-state index is 0.509. The summed E-state index contributed by atoms with van der Waals surface area (Å²) >= 11 is 0. The van der Waals surface area contributed by atoms with Gasteiger partial charge in [0.25, 0.3) is 0 Å². The van der Waals surface area contributed by atoms with Gasteiger partial charge in [-0.05, 0) is 17.7 Å². The molecule has 3 heteroatoms. The lowest BCUT2D eigenvalue weighted by atomic mass is 10.2. The zero-order chi connectivity index (χ0) is 11.2. The van der Waals surface area contributed by atoms with Crippen LogP contribution in [0.3, 0.4) is 0 Å². The van der Waals surface area contributed by atoms with Crippen LogP contribution in [0.15, 0.2) is 54.6 Å². The fraction of sp³-hybridized carbons (Fsp3) is 0.0769. The molecule has 0 aliphatic carbocycles. The molecule has 0 amide bonds. The average Bonchev–Trinajstić information content (AvgIpc) is 2.33. The molecular weight excluding hydrogens is 200 g/mol. The molecular formula is C13H14N2O. The van der Waals surface area contributed by atoms with Gasteiger partial charge in [0.15, 0.2) is 0 Å². The quantitative estimate of drug-likeness (QED) is 0.607. The van der Waals surface area contributed by atoms with E-state index in [4.69, 9.17) is 10.6 Å². The first kappa shape index (κ1) is 10.5. The molecule has 0 aliphatic heterocycles. The Labute approximate surface area is 94.8 Å². The van der Waals surface area contributed by atoms with Crippen LogP contribution in [0.25, 0.3) is 0 Å². The summed E-state index contributed by atoms with van der Waals surface area (Å²) in [4.78, 5) is 5.36. The number of benzene rings is 2. The van der Waals surface area contributed by atoms with E-state index < -0.39 is 0 Å². The molecule has 0 bridgehead atoms. The van der Waals surface area contributed by atoms with Crippen molar-refractivity contribution in [3.05, 3.63) is 60.2 Å². The van der Waals surface area contributed by atoms with Gasteiger partial charge >= 0.3 is 0 Å². The maximum absolute atomic E-state index is 5.76. The van der Waals surface area contributed by atoms with E-state index in [1.807, 2.05) is 54.6 Å². The fourth-order valence-corrected chi connectivity index (χ4v) is 1.36. The minimum atomic E-state index is 0.509. The van der Waals surface area contributed by atoms with Crippen LogP contribution in [-0.4, -0.2) is 0 Å². The van der Waals surface area contributed by atoms with Gasteiger partial charge < -0.3 is 5.73 Å². The molecule has 0 spiro atoms. The van der Waals surface area contributed by atoms with Crippen LogP contribution in [0.2, 0.25) is 0 Å². The van der Waals surface area contributed by atoms with Crippen LogP contribution in [0, 0.1) is 0 Å². The Balaban J connectivity index is 1.87. The number of anilines is 2. The highest BCUT2D eigenvalue weighted by atomic mass is 16.6. The van der Waals surface area contributed by atoms with E-state index >= 15 is 0 Å². The topological polar surface area (TPSA) is 47.3 Å². The van der Waals surface area contributed by atoms with Gasteiger partial charge in [0, 0.05) is 0 Å². The highest BCUT2D eigenvalue weighted by Gasteiger charge is 1.96. The van der Waals surface area contributed by atoms with Crippen molar-refractivity contribution in [3.63, 3.8) is 0 Å². The Morgan fingerprint density at radius 3 is 2.38 bits per heavy atom. The zero-order valence-corrected chi connectivity index (χ0v) is 8.89. The Hall–Kier alpha value is -2.00. The van der Waals surface area contributed by atoms with Crippen molar-refractivity contribution in [1.29, 1.82) is 0 Å². The Morgan fingerprint density at radius 1 is 0.938 bits per heavy atom. The van der Waals surface area contributed by atoms with Crippen LogP contribution in [0.5, 0.6) is 0 Å². The Bertz CT molecular complexity index is 443. The second-order valence-corrected chi connectivity index (χ2v) is 3.46. The lowest BCUT2D eigenvalue weighted by Gasteiger charge is -2.08. The third-order valence-corrected chi connectivity index (χ3v) is 2.22. The number of rotatable bonds is 4. The fourth-order valence-electron chi connectivity index (χ4n) is 1.36. The van der Waals surface area contributed by atoms with Crippen molar-refractivity contribution < 1.29 is 4.84 Å². The standard InChI is InChI=1S/C13H14N2O/c14-12-8-4-5-9-13(12)15-16-10-11-6-2-1-3-7-11/h1-9,15H,10,14H2. The molecule has 0 saturated carbocycles. The van der Waals surface area contributed by atoms with Gasteiger partial charge in [-0.3, -0.25) is 10.3 Å². The lowest BCUT2D eigenvalue weighted by Crippen LogP contribution is -2.03. The summed E-state index contributed by atoms with van der Waals surface area (Å²) in [5.74, 6) is 0. The monoisotopic (exact) mass is 214 g/mol. The van der Waals surface area contributed by atoms with Gasteiger partial charge in [-0.1, -0.05) is 42.5 Å². The van der Waals surface area contributed by atoms with E-state index in [2.05, 4.69) is 5.48 Å². The molecule has 2 rings (SSSR count). The van der Waals surface area contributed by atoms with Crippen molar-refractivity contribution in [3.8, 4) is 0 Å². The van der Waals surface area contributed by atoms with Gasteiger partial charge in [0.05, 0.1) is 18.0 Å². The maximum atomic E-state index is 5.76. The summed E-state index contributed by atoms with van der Waals surface area (Å²) in [5.41, 5.74) is 11.2. The first-order valence-corrected chi connectivity index (χ1v) is 5.12. The number of nitrogens with one attached hydrogen (secondary N) is 1. The van der Waals surface area contributed by atoms with Gasteiger partial charge in [-0.15, -0.1) is 0 Å². The molecule has 0 aliphatic rings. The van der Waals surface area contributed by atoms with Crippen molar-refractivity contribution in [1.82, 2.24) is 0 Å². The summed E-state index contributed by atoms with van der Waals surface area (Å²) in [5, 5.41) is 0. The normalized spacial score (nSPS) is 10.0. The van der Waals surface area contributed by atoms with Crippen LogP contribution in [0.4, 0.5) is 11.4 Å². The van der Waals surface area contributed by atoms with Crippen molar-refractivity contribution in [2.45, 2.75) is 6.61 Å². The van der Waals surface area contributed by atoms with Crippen molar-refractivity contribution in [2.24, 2.45) is 0 Å². The third-order valence-electron chi connectivity index (χ3n) is 2.22. The number of nitrogens with two attached hydrogens (primary N) is 1. The zero-order valence-electron chi connectivity index (χ0n) is 8.89. The highest BCUT2D eigenvalue weighted by Crippen LogP contribution is 2.16. The molecule has 0 atom stereocenters. The lowest BCUT2D eigenvalue weighted by molar-refractivity contribution is 0.180. The molecule has 3 nitrogen and oxygen atoms in total. The summed E-state index contributed by atoms with van der Waals surface area (Å²) in [6, 6.07) is 17.5. The van der Waals surface area contributed by atoms with E-state index in [-0.39, 0.29) is 0 Å². The molecule has 0 radical (unpaired) electrons. The smallest absolute Gasteiger partial charge is 0.0996 e. The van der Waals surface area contributed by atoms with E-state index in [0.29, 0.717) is 12.3 Å². The highest BCUT2D eigenvalue weighted by molar-refractivity contribution is 5.64. The van der Waals surface area contributed by atoms with Crippen LogP contribution < -0.4 is 11.2 Å². The average molecular weight is 214 g/mol. The summed E-state index contributed by atoms with van der Waals surface area (Å²) < 4.78 is 0. The Morgan fingerprint density at radius 2 is 1.62 bits per heavy atom. The molecule has 2 aromatic carbocycles. The summed E-state index contributed by atoms with van der Waals surface area (Å²) in [7, 11) is 0. The number of hydrogen-bond acceptors (Lipinski definition) is 3. The largest absolute Gasteiger partial charge is 0.397 e. The van der Waals surface area contributed by atoms with Crippen LogP contribution in [0.1, 0.15) is 5.56 Å². The molecule has 0 fully saturated rings. The molecule has 82 valence electrons. The molecule has 16 heavy (non-hydrogen) atoms. The van der Waals surface area contributed by atoms with E-state index in [9.17, 15) is 0 Å². The van der Waals surface area contributed by atoms with Gasteiger partial charge in [-0.25, -0.2) is 0 Å². The van der Waals surface area contributed by atoms with E-state index in [1.54, 1.807) is 0 Å². The minimum Gasteiger partial charge on any atom is -0.397 e. The maximum Gasteiger partial charge on any atom is 0.0996 e. The van der Waals surface area contributed by atoms with Gasteiger partial charge in [-0.2, -0.15) is 0 Å². The first-order valence-electron chi connectivity index (χ1n) is 5.12. The molecule has 0 heterocycles. The summed E-state index contributed by atoms with van der Waals surface area (Å²) in [6.45, 7) is 0.509. The van der Waals surface area contributed by atoms with Crippen LogP contribution in [-0.2, 0) is 11.4 Å². The summed E-state index contributed by atoms with van der Waals surface area (Å²) in [6.07, 6.45) is 0. The van der Waals surface area contributed by atoms with Crippen molar-refractivity contribution in [2.75, 3.05) is 11.2 Å². The van der Waals surface area contributed by atoms with E-state index in [1.165, 1.54) is 0 Å². The second-order valence-electron chi connectivity index (χ2n) is 3.46. The molecule has 0 unspecified atom stereocenters. The number of nitrogen functional groups attached to an aromatic ring is 1. The molecule has 0 aromatic heterocycles. The Kier molecular flexibility index (Phi) is 3.41.